The highest BCUT2D eigenvalue weighted by atomic mass is 32.2. The van der Waals surface area contributed by atoms with Crippen molar-refractivity contribution < 1.29 is 9.00 Å². The summed E-state index contributed by atoms with van der Waals surface area (Å²) in [5.41, 5.74) is 6.85. The average Bonchev–Trinajstić information content (AvgIpc) is 2.39. The summed E-state index contributed by atoms with van der Waals surface area (Å²) in [5, 5.41) is 2.71. The second-order valence-electron chi connectivity index (χ2n) is 4.02. The third-order valence-corrected chi connectivity index (χ3v) is 3.89. The van der Waals surface area contributed by atoms with Gasteiger partial charge in [-0.15, -0.1) is 0 Å². The SMILES string of the molecule is CCS(=O)CCNC(=O)[C@@H](N)Cc1ccccc1. The molecule has 0 aromatic heterocycles. The van der Waals surface area contributed by atoms with E-state index in [1.807, 2.05) is 37.3 Å². The van der Waals surface area contributed by atoms with Gasteiger partial charge in [0.25, 0.3) is 0 Å². The molecule has 0 saturated heterocycles. The van der Waals surface area contributed by atoms with Crippen LogP contribution >= 0.6 is 0 Å². The number of nitrogens with one attached hydrogen (secondary N) is 1. The Morgan fingerprint density at radius 2 is 2.06 bits per heavy atom. The van der Waals surface area contributed by atoms with Gasteiger partial charge in [0, 0.05) is 28.9 Å². The number of rotatable bonds is 7. The predicted octanol–water partition coefficient (Wildman–Crippen LogP) is 0.441. The monoisotopic (exact) mass is 268 g/mol. The van der Waals surface area contributed by atoms with Crippen molar-refractivity contribution in [2.45, 2.75) is 19.4 Å². The van der Waals surface area contributed by atoms with Crippen LogP contribution in [0.2, 0.25) is 0 Å². The summed E-state index contributed by atoms with van der Waals surface area (Å²) in [6, 6.07) is 9.10. The van der Waals surface area contributed by atoms with E-state index >= 15 is 0 Å². The van der Waals surface area contributed by atoms with Crippen LogP contribution < -0.4 is 11.1 Å². The van der Waals surface area contributed by atoms with Crippen molar-refractivity contribution >= 4 is 16.7 Å². The Kier molecular flexibility index (Phi) is 6.60. The van der Waals surface area contributed by atoms with Crippen molar-refractivity contribution in [2.24, 2.45) is 5.73 Å². The van der Waals surface area contributed by atoms with Crippen molar-refractivity contribution in [2.75, 3.05) is 18.1 Å². The molecule has 100 valence electrons. The Labute approximate surface area is 110 Å². The van der Waals surface area contributed by atoms with Gasteiger partial charge in [0.2, 0.25) is 5.91 Å². The second kappa shape index (κ2) is 8.00. The topological polar surface area (TPSA) is 72.2 Å². The number of benzene rings is 1. The molecule has 1 rings (SSSR count). The molecule has 3 N–H and O–H groups in total. The van der Waals surface area contributed by atoms with Crippen LogP contribution in [0, 0.1) is 0 Å². The molecule has 0 aliphatic carbocycles. The molecular weight excluding hydrogens is 248 g/mol. The predicted molar refractivity (Wildman–Crippen MR) is 74.7 cm³/mol. The normalized spacial score (nSPS) is 13.9. The fourth-order valence-electron chi connectivity index (χ4n) is 1.52. The van der Waals surface area contributed by atoms with Crippen molar-refractivity contribution in [3.63, 3.8) is 0 Å². The molecule has 1 unspecified atom stereocenters. The highest BCUT2D eigenvalue weighted by molar-refractivity contribution is 7.84. The molecule has 0 aliphatic rings. The van der Waals surface area contributed by atoms with Gasteiger partial charge in [-0.2, -0.15) is 0 Å². The van der Waals surface area contributed by atoms with Crippen LogP contribution in [0.1, 0.15) is 12.5 Å². The Balaban J connectivity index is 2.31. The molecule has 0 bridgehead atoms. The molecule has 0 heterocycles. The van der Waals surface area contributed by atoms with Gasteiger partial charge in [0.15, 0.2) is 0 Å². The lowest BCUT2D eigenvalue weighted by molar-refractivity contribution is -0.122. The lowest BCUT2D eigenvalue weighted by atomic mass is 10.1. The molecule has 1 amide bonds. The second-order valence-corrected chi connectivity index (χ2v) is 5.89. The minimum absolute atomic E-state index is 0.188. The van der Waals surface area contributed by atoms with Crippen molar-refractivity contribution in [1.29, 1.82) is 0 Å². The number of carbonyl (C=O) groups is 1. The van der Waals surface area contributed by atoms with E-state index in [4.69, 9.17) is 5.73 Å². The molecule has 4 nitrogen and oxygen atoms in total. The molecule has 0 saturated carbocycles. The molecule has 5 heteroatoms. The summed E-state index contributed by atoms with van der Waals surface area (Å²) >= 11 is 0. The molecule has 1 aromatic carbocycles. The van der Waals surface area contributed by atoms with Crippen LogP contribution in [-0.4, -0.2) is 34.2 Å². The van der Waals surface area contributed by atoms with E-state index in [2.05, 4.69) is 5.32 Å². The number of carbonyl (C=O) groups excluding carboxylic acids is 1. The molecule has 18 heavy (non-hydrogen) atoms. The van der Waals surface area contributed by atoms with Crippen LogP contribution in [0.4, 0.5) is 0 Å². The third kappa shape index (κ3) is 5.42. The first kappa shape index (κ1) is 14.9. The van der Waals surface area contributed by atoms with Gasteiger partial charge < -0.3 is 11.1 Å². The standard InChI is InChI=1S/C13H20N2O2S/c1-2-18(17)9-8-15-13(16)12(14)10-11-6-4-3-5-7-11/h3-7,12H,2,8-10,14H2,1H3,(H,15,16)/t12-,18?/m0/s1. The average molecular weight is 268 g/mol. The first-order chi connectivity index (χ1) is 8.63. The Bertz CT molecular complexity index is 395. The molecular formula is C13H20N2O2S. The van der Waals surface area contributed by atoms with Crippen LogP contribution in [-0.2, 0) is 22.0 Å². The van der Waals surface area contributed by atoms with Gasteiger partial charge in [-0.3, -0.25) is 9.00 Å². The van der Waals surface area contributed by atoms with E-state index in [0.717, 1.165) is 5.56 Å². The number of nitrogens with two attached hydrogens (primary N) is 1. The number of hydrogen-bond donors (Lipinski definition) is 2. The van der Waals surface area contributed by atoms with Gasteiger partial charge in [-0.25, -0.2) is 0 Å². The summed E-state index contributed by atoms with van der Waals surface area (Å²) in [4.78, 5) is 11.7. The summed E-state index contributed by atoms with van der Waals surface area (Å²) in [5.74, 6) is 0.915. The van der Waals surface area contributed by atoms with E-state index < -0.39 is 16.8 Å². The summed E-state index contributed by atoms with van der Waals surface area (Å²) in [6.07, 6.45) is 0.517. The van der Waals surface area contributed by atoms with Gasteiger partial charge in [0.05, 0.1) is 6.04 Å². The minimum atomic E-state index is -0.850. The largest absolute Gasteiger partial charge is 0.354 e. The molecule has 0 spiro atoms. The maximum Gasteiger partial charge on any atom is 0.237 e. The van der Waals surface area contributed by atoms with E-state index in [9.17, 15) is 9.00 Å². The zero-order chi connectivity index (χ0) is 13.4. The molecule has 1 aromatic rings. The minimum Gasteiger partial charge on any atom is -0.354 e. The lowest BCUT2D eigenvalue weighted by Crippen LogP contribution is -2.43. The van der Waals surface area contributed by atoms with Crippen molar-refractivity contribution in [1.82, 2.24) is 5.32 Å². The molecule has 0 aliphatic heterocycles. The zero-order valence-electron chi connectivity index (χ0n) is 10.6. The van der Waals surface area contributed by atoms with E-state index in [-0.39, 0.29) is 5.91 Å². The fourth-order valence-corrected chi connectivity index (χ4v) is 2.14. The molecule has 0 fully saturated rings. The van der Waals surface area contributed by atoms with Gasteiger partial charge in [-0.05, 0) is 12.0 Å². The summed E-state index contributed by atoms with van der Waals surface area (Å²) < 4.78 is 11.2. The maximum absolute atomic E-state index is 11.7. The highest BCUT2D eigenvalue weighted by Gasteiger charge is 2.13. The number of amides is 1. The van der Waals surface area contributed by atoms with E-state index in [1.54, 1.807) is 0 Å². The molecule has 0 radical (unpaired) electrons. The third-order valence-electron chi connectivity index (χ3n) is 2.59. The summed E-state index contributed by atoms with van der Waals surface area (Å²) in [7, 11) is -0.850. The fraction of sp³-hybridized carbons (Fsp3) is 0.462. The highest BCUT2D eigenvalue weighted by Crippen LogP contribution is 2.01. The first-order valence-corrected chi connectivity index (χ1v) is 7.54. The Morgan fingerprint density at radius 1 is 1.39 bits per heavy atom. The number of hydrogen-bond acceptors (Lipinski definition) is 3. The van der Waals surface area contributed by atoms with Crippen LogP contribution in [0.25, 0.3) is 0 Å². The van der Waals surface area contributed by atoms with Crippen molar-refractivity contribution in [3.8, 4) is 0 Å². The molecule has 2 atom stereocenters. The Hall–Kier alpha value is -1.20. The zero-order valence-corrected chi connectivity index (χ0v) is 11.4. The van der Waals surface area contributed by atoms with E-state index in [0.29, 0.717) is 24.5 Å². The van der Waals surface area contributed by atoms with E-state index in [1.165, 1.54) is 0 Å². The first-order valence-electron chi connectivity index (χ1n) is 6.05. The van der Waals surface area contributed by atoms with Crippen molar-refractivity contribution in [3.05, 3.63) is 35.9 Å². The Morgan fingerprint density at radius 3 is 2.67 bits per heavy atom. The lowest BCUT2D eigenvalue weighted by Gasteiger charge is -2.12. The summed E-state index contributed by atoms with van der Waals surface area (Å²) in [6.45, 7) is 2.28. The van der Waals surface area contributed by atoms with Crippen LogP contribution in [0.5, 0.6) is 0 Å². The smallest absolute Gasteiger partial charge is 0.237 e. The van der Waals surface area contributed by atoms with Crippen LogP contribution in [0.15, 0.2) is 30.3 Å². The van der Waals surface area contributed by atoms with Gasteiger partial charge in [0.1, 0.15) is 0 Å². The van der Waals surface area contributed by atoms with Gasteiger partial charge >= 0.3 is 0 Å². The van der Waals surface area contributed by atoms with Crippen LogP contribution in [0.3, 0.4) is 0 Å². The maximum atomic E-state index is 11.7. The van der Waals surface area contributed by atoms with Gasteiger partial charge in [-0.1, -0.05) is 37.3 Å². The quantitative estimate of drug-likeness (QED) is 0.754.